The number of ether oxygens (including phenoxy) is 1. The summed E-state index contributed by atoms with van der Waals surface area (Å²) in [6.45, 7) is 2.02. The number of esters is 1. The summed E-state index contributed by atoms with van der Waals surface area (Å²) >= 11 is 1.18. The SMILES string of the molecule is CCOC(=O)c1ccc(NC(=O)CSc2nnc(-c3cccc([N+](=O)[O-])c3)n2C)cc1. The highest BCUT2D eigenvalue weighted by Crippen LogP contribution is 2.25. The third-order valence-corrected chi connectivity index (χ3v) is 5.18. The Labute approximate surface area is 181 Å². The van der Waals surface area contributed by atoms with Crippen molar-refractivity contribution >= 4 is 35.0 Å². The van der Waals surface area contributed by atoms with Crippen molar-refractivity contribution in [3.8, 4) is 11.4 Å². The lowest BCUT2D eigenvalue weighted by Crippen LogP contribution is -2.14. The number of hydrogen-bond acceptors (Lipinski definition) is 8. The second-order valence-corrected chi connectivity index (χ2v) is 7.25. The number of carbonyl (C=O) groups excluding carboxylic acids is 2. The standard InChI is InChI=1S/C20H19N5O5S/c1-3-30-19(27)13-7-9-15(10-8-13)21-17(26)12-31-20-23-22-18(24(20)2)14-5-4-6-16(11-14)25(28)29/h4-11H,3,12H2,1-2H3,(H,21,26). The lowest BCUT2D eigenvalue weighted by atomic mass is 10.2. The highest BCUT2D eigenvalue weighted by molar-refractivity contribution is 7.99. The number of carbonyl (C=O) groups is 2. The minimum absolute atomic E-state index is 0.0388. The second-order valence-electron chi connectivity index (χ2n) is 6.31. The smallest absolute Gasteiger partial charge is 0.338 e. The molecule has 0 bridgehead atoms. The van der Waals surface area contributed by atoms with E-state index in [1.165, 1.54) is 23.9 Å². The van der Waals surface area contributed by atoms with E-state index in [4.69, 9.17) is 4.74 Å². The van der Waals surface area contributed by atoms with Gasteiger partial charge in [-0.15, -0.1) is 10.2 Å². The van der Waals surface area contributed by atoms with Crippen LogP contribution in [0.4, 0.5) is 11.4 Å². The molecule has 0 unspecified atom stereocenters. The molecule has 0 aliphatic carbocycles. The average molecular weight is 441 g/mol. The second kappa shape index (κ2) is 9.85. The predicted molar refractivity (Wildman–Crippen MR) is 115 cm³/mol. The molecule has 1 amide bonds. The molecule has 0 aliphatic heterocycles. The zero-order valence-corrected chi connectivity index (χ0v) is 17.6. The number of thioether (sulfide) groups is 1. The van der Waals surface area contributed by atoms with Gasteiger partial charge in [0.25, 0.3) is 5.69 Å². The number of nitrogens with zero attached hydrogens (tertiary/aromatic N) is 4. The summed E-state index contributed by atoms with van der Waals surface area (Å²) in [6, 6.07) is 12.5. The molecular weight excluding hydrogens is 422 g/mol. The van der Waals surface area contributed by atoms with E-state index < -0.39 is 10.9 Å². The third-order valence-electron chi connectivity index (χ3n) is 4.16. The number of amides is 1. The first-order valence-corrected chi connectivity index (χ1v) is 10.2. The van der Waals surface area contributed by atoms with Crippen molar-refractivity contribution in [2.45, 2.75) is 12.1 Å². The van der Waals surface area contributed by atoms with Crippen molar-refractivity contribution < 1.29 is 19.2 Å². The summed E-state index contributed by atoms with van der Waals surface area (Å²) in [4.78, 5) is 34.4. The van der Waals surface area contributed by atoms with Gasteiger partial charge in [0.2, 0.25) is 5.91 Å². The highest BCUT2D eigenvalue weighted by atomic mass is 32.2. The molecule has 160 valence electrons. The molecule has 0 aliphatic rings. The quantitative estimate of drug-likeness (QED) is 0.244. The van der Waals surface area contributed by atoms with Gasteiger partial charge in [-0.25, -0.2) is 4.79 Å². The van der Waals surface area contributed by atoms with Crippen molar-refractivity contribution in [2.24, 2.45) is 7.05 Å². The van der Waals surface area contributed by atoms with Crippen molar-refractivity contribution in [1.82, 2.24) is 14.8 Å². The van der Waals surface area contributed by atoms with E-state index in [0.717, 1.165) is 0 Å². The van der Waals surface area contributed by atoms with Crippen LogP contribution in [-0.4, -0.2) is 43.9 Å². The molecule has 11 heteroatoms. The third kappa shape index (κ3) is 5.45. The fourth-order valence-electron chi connectivity index (χ4n) is 2.68. The van der Waals surface area contributed by atoms with Gasteiger partial charge in [-0.1, -0.05) is 23.9 Å². The van der Waals surface area contributed by atoms with Crippen LogP contribution in [0, 0.1) is 10.1 Å². The van der Waals surface area contributed by atoms with Gasteiger partial charge >= 0.3 is 5.97 Å². The first-order chi connectivity index (χ1) is 14.9. The number of non-ortho nitro benzene ring substituents is 1. The van der Waals surface area contributed by atoms with Crippen molar-refractivity contribution in [3.05, 3.63) is 64.2 Å². The zero-order valence-electron chi connectivity index (χ0n) is 16.8. The van der Waals surface area contributed by atoms with E-state index in [9.17, 15) is 19.7 Å². The molecule has 0 radical (unpaired) electrons. The molecule has 3 rings (SSSR count). The maximum Gasteiger partial charge on any atom is 0.338 e. The predicted octanol–water partition coefficient (Wildman–Crippen LogP) is 3.30. The van der Waals surface area contributed by atoms with Crippen LogP contribution in [0.25, 0.3) is 11.4 Å². The Morgan fingerprint density at radius 2 is 1.94 bits per heavy atom. The van der Waals surface area contributed by atoms with Crippen molar-refractivity contribution in [3.63, 3.8) is 0 Å². The van der Waals surface area contributed by atoms with Crippen LogP contribution in [0.15, 0.2) is 53.7 Å². The molecule has 0 spiro atoms. The summed E-state index contributed by atoms with van der Waals surface area (Å²) in [5.41, 5.74) is 1.47. The molecule has 2 aromatic carbocycles. The topological polar surface area (TPSA) is 129 Å². The minimum atomic E-state index is -0.473. The first-order valence-electron chi connectivity index (χ1n) is 9.23. The molecule has 10 nitrogen and oxygen atoms in total. The fraction of sp³-hybridized carbons (Fsp3) is 0.200. The van der Waals surface area contributed by atoms with Crippen molar-refractivity contribution in [1.29, 1.82) is 0 Å². The number of rotatable bonds is 8. The minimum Gasteiger partial charge on any atom is -0.462 e. The maximum atomic E-state index is 12.3. The van der Waals surface area contributed by atoms with E-state index in [2.05, 4.69) is 15.5 Å². The Balaban J connectivity index is 1.60. The van der Waals surface area contributed by atoms with E-state index in [1.54, 1.807) is 54.9 Å². The number of nitrogens with one attached hydrogen (secondary N) is 1. The molecule has 0 saturated heterocycles. The van der Waals surface area contributed by atoms with Gasteiger partial charge in [-0.3, -0.25) is 14.9 Å². The van der Waals surface area contributed by atoms with E-state index >= 15 is 0 Å². The summed E-state index contributed by atoms with van der Waals surface area (Å²) in [5.74, 6) is -0.131. The highest BCUT2D eigenvalue weighted by Gasteiger charge is 2.15. The van der Waals surface area contributed by atoms with Crippen LogP contribution >= 0.6 is 11.8 Å². The van der Waals surface area contributed by atoms with E-state index in [-0.39, 0.29) is 17.3 Å². The van der Waals surface area contributed by atoms with Crippen molar-refractivity contribution in [2.75, 3.05) is 17.7 Å². The summed E-state index contributed by atoms with van der Waals surface area (Å²) in [6.07, 6.45) is 0. The normalized spacial score (nSPS) is 10.5. The van der Waals surface area contributed by atoms with Crippen LogP contribution in [-0.2, 0) is 16.6 Å². The number of aromatic nitrogens is 3. The van der Waals surface area contributed by atoms with Gasteiger partial charge in [-0.2, -0.15) is 0 Å². The van der Waals surface area contributed by atoms with Crippen LogP contribution in [0.1, 0.15) is 17.3 Å². The monoisotopic (exact) mass is 441 g/mol. The van der Waals surface area contributed by atoms with Gasteiger partial charge in [-0.05, 0) is 31.2 Å². The molecule has 1 aromatic heterocycles. The molecular formula is C20H19N5O5S. The number of nitro groups is 1. The number of nitro benzene ring substituents is 1. The number of benzene rings is 2. The summed E-state index contributed by atoms with van der Waals surface area (Å²) in [7, 11) is 1.72. The van der Waals surface area contributed by atoms with Crippen LogP contribution in [0.5, 0.6) is 0 Å². The van der Waals surface area contributed by atoms with Crippen LogP contribution in [0.3, 0.4) is 0 Å². The van der Waals surface area contributed by atoms with Crippen LogP contribution in [0.2, 0.25) is 0 Å². The van der Waals surface area contributed by atoms with Gasteiger partial charge in [0.05, 0.1) is 22.8 Å². The summed E-state index contributed by atoms with van der Waals surface area (Å²) in [5, 5.41) is 22.4. The Morgan fingerprint density at radius 1 is 1.19 bits per heavy atom. The van der Waals surface area contributed by atoms with Gasteiger partial charge in [0.15, 0.2) is 11.0 Å². The number of hydrogen-bond donors (Lipinski definition) is 1. The van der Waals surface area contributed by atoms with Gasteiger partial charge in [0, 0.05) is 30.4 Å². The lowest BCUT2D eigenvalue weighted by molar-refractivity contribution is -0.384. The Bertz CT molecular complexity index is 1110. The first kappa shape index (κ1) is 22.0. The number of anilines is 1. The molecule has 31 heavy (non-hydrogen) atoms. The Morgan fingerprint density at radius 3 is 2.61 bits per heavy atom. The van der Waals surface area contributed by atoms with Crippen LogP contribution < -0.4 is 5.32 Å². The average Bonchev–Trinajstić information content (AvgIpc) is 3.13. The van der Waals surface area contributed by atoms with E-state index in [1.807, 2.05) is 0 Å². The largest absolute Gasteiger partial charge is 0.462 e. The molecule has 3 aromatic rings. The molecule has 0 saturated carbocycles. The Kier molecular flexibility index (Phi) is 6.98. The fourth-order valence-corrected chi connectivity index (χ4v) is 3.39. The molecule has 0 fully saturated rings. The molecule has 0 atom stereocenters. The zero-order chi connectivity index (χ0) is 22.4. The lowest BCUT2D eigenvalue weighted by Gasteiger charge is -2.07. The summed E-state index contributed by atoms with van der Waals surface area (Å²) < 4.78 is 6.59. The molecule has 1 heterocycles. The Hall–Kier alpha value is -3.73. The van der Waals surface area contributed by atoms with E-state index in [0.29, 0.717) is 34.4 Å². The van der Waals surface area contributed by atoms with Gasteiger partial charge in [0.1, 0.15) is 0 Å². The molecule has 1 N–H and O–H groups in total. The van der Waals surface area contributed by atoms with Gasteiger partial charge < -0.3 is 14.6 Å². The maximum absolute atomic E-state index is 12.3.